The van der Waals surface area contributed by atoms with Crippen LogP contribution in [0.3, 0.4) is 0 Å². The fourth-order valence-electron chi connectivity index (χ4n) is 16.0. The summed E-state index contributed by atoms with van der Waals surface area (Å²) >= 11 is 0. The molecule has 0 aliphatic heterocycles. The van der Waals surface area contributed by atoms with Crippen molar-refractivity contribution in [1.82, 2.24) is 9.80 Å². The number of methoxy groups -OCH3 is 2. The third kappa shape index (κ3) is 9.63. The Morgan fingerprint density at radius 2 is 0.741 bits per heavy atom. The maximum absolute atomic E-state index is 7.29. The van der Waals surface area contributed by atoms with Crippen LogP contribution in [0.15, 0.2) is 0 Å². The highest BCUT2D eigenvalue weighted by Crippen LogP contribution is 2.63. The quantitative estimate of drug-likeness (QED) is 0.145. The van der Waals surface area contributed by atoms with Gasteiger partial charge in [0.1, 0.15) is 0 Å². The van der Waals surface area contributed by atoms with Crippen LogP contribution in [0, 0.1) is 47.3 Å². The molecule has 0 radical (unpaired) electrons. The summed E-state index contributed by atoms with van der Waals surface area (Å²) < 4.78 is 26.6. The van der Waals surface area contributed by atoms with Gasteiger partial charge in [0.15, 0.2) is 0 Å². The zero-order chi connectivity index (χ0) is 40.2. The molecule has 0 amide bonds. The van der Waals surface area contributed by atoms with Crippen molar-refractivity contribution in [2.45, 2.75) is 255 Å². The zero-order valence-corrected chi connectivity index (χ0v) is 38.7. The van der Waals surface area contributed by atoms with Crippen LogP contribution in [0.5, 0.6) is 0 Å². The molecule has 8 saturated carbocycles. The standard InChI is InChI=1S/C52H92N2O4/c1-7-9-31-57-49-33-47(53(37-15-11-35(3)12-16-37)39-19-23-41(55-5)24-20-39)43-28-30-46-50(58-32-10-8-2)34-48(44-27-29-45(49)51(43)52(44)46)54(38-17-13-36(4)14-18-38)40-21-25-42(56-6)26-22-40/h35-52H,7-34H2,1-6H3. The predicted octanol–water partition coefficient (Wildman–Crippen LogP) is 11.9. The largest absolute Gasteiger partial charge is 0.381 e. The Hall–Kier alpha value is -0.240. The van der Waals surface area contributed by atoms with Gasteiger partial charge in [-0.3, -0.25) is 9.80 Å². The van der Waals surface area contributed by atoms with E-state index < -0.39 is 0 Å². The minimum atomic E-state index is 0.429. The smallest absolute Gasteiger partial charge is 0.0621 e. The van der Waals surface area contributed by atoms with Crippen molar-refractivity contribution in [3.63, 3.8) is 0 Å². The first-order valence-corrected chi connectivity index (χ1v) is 26.3. The molecule has 10 atom stereocenters. The van der Waals surface area contributed by atoms with E-state index in [4.69, 9.17) is 18.9 Å². The van der Waals surface area contributed by atoms with Crippen molar-refractivity contribution in [3.05, 3.63) is 0 Å². The molecular weight excluding hydrogens is 717 g/mol. The highest BCUT2D eigenvalue weighted by molar-refractivity contribution is 5.13. The predicted molar refractivity (Wildman–Crippen MR) is 238 cm³/mol. The second kappa shape index (κ2) is 21.0. The van der Waals surface area contributed by atoms with Gasteiger partial charge in [0.2, 0.25) is 0 Å². The van der Waals surface area contributed by atoms with E-state index in [9.17, 15) is 0 Å². The lowest BCUT2D eigenvalue weighted by atomic mass is 9.45. The van der Waals surface area contributed by atoms with E-state index in [1.165, 1.54) is 167 Å². The van der Waals surface area contributed by atoms with Gasteiger partial charge in [-0.1, -0.05) is 40.5 Å². The van der Waals surface area contributed by atoms with Crippen molar-refractivity contribution in [1.29, 1.82) is 0 Å². The average molecular weight is 809 g/mol. The lowest BCUT2D eigenvalue weighted by Gasteiger charge is -2.66. The number of ether oxygens (including phenoxy) is 4. The van der Waals surface area contributed by atoms with Gasteiger partial charge in [-0.05, 0) is 201 Å². The zero-order valence-electron chi connectivity index (χ0n) is 38.7. The lowest BCUT2D eigenvalue weighted by Crippen LogP contribution is -2.68. The minimum Gasteiger partial charge on any atom is -0.381 e. The molecule has 0 spiro atoms. The first-order chi connectivity index (χ1) is 28.4. The Morgan fingerprint density at radius 3 is 1.07 bits per heavy atom. The molecule has 0 aromatic carbocycles. The fourth-order valence-corrected chi connectivity index (χ4v) is 16.0. The summed E-state index contributed by atoms with van der Waals surface area (Å²) in [4.78, 5) is 6.58. The van der Waals surface area contributed by atoms with Gasteiger partial charge in [0.05, 0.1) is 24.4 Å². The lowest BCUT2D eigenvalue weighted by molar-refractivity contribution is -0.212. The molecule has 8 rings (SSSR count). The summed E-state index contributed by atoms with van der Waals surface area (Å²) in [5.41, 5.74) is 0. The van der Waals surface area contributed by atoms with Crippen LogP contribution in [0.2, 0.25) is 0 Å². The normalized spacial score (nSPS) is 45.9. The first-order valence-electron chi connectivity index (χ1n) is 26.3. The van der Waals surface area contributed by atoms with Crippen LogP contribution in [-0.4, -0.2) is 97.9 Å². The summed E-state index contributed by atoms with van der Waals surface area (Å²) in [7, 11) is 3.92. The highest BCUT2D eigenvalue weighted by atomic mass is 16.5. The number of unbranched alkanes of at least 4 members (excludes halogenated alkanes) is 2. The Morgan fingerprint density at radius 1 is 0.414 bits per heavy atom. The van der Waals surface area contributed by atoms with Crippen LogP contribution in [0.1, 0.15) is 195 Å². The summed E-state index contributed by atoms with van der Waals surface area (Å²) in [6.07, 6.45) is 36.5. The van der Waals surface area contributed by atoms with Crippen LogP contribution in [0.25, 0.3) is 0 Å². The van der Waals surface area contributed by atoms with Crippen molar-refractivity contribution in [2.24, 2.45) is 47.3 Å². The summed E-state index contributed by atoms with van der Waals surface area (Å²) in [5.74, 6) is 6.46. The Labute approximate surface area is 357 Å². The van der Waals surface area contributed by atoms with Gasteiger partial charge in [-0.2, -0.15) is 0 Å². The highest BCUT2D eigenvalue weighted by Gasteiger charge is 2.62. The molecule has 8 aliphatic carbocycles. The van der Waals surface area contributed by atoms with Crippen molar-refractivity contribution >= 4 is 0 Å². The molecule has 8 aliphatic rings. The van der Waals surface area contributed by atoms with Crippen LogP contribution in [-0.2, 0) is 18.9 Å². The molecule has 0 aromatic rings. The third-order valence-electron chi connectivity index (χ3n) is 19.0. The molecular formula is C52H92N2O4. The van der Waals surface area contributed by atoms with Gasteiger partial charge >= 0.3 is 0 Å². The second-order valence-corrected chi connectivity index (χ2v) is 22.2. The molecule has 0 N–H and O–H groups in total. The maximum atomic E-state index is 7.29. The fraction of sp³-hybridized carbons (Fsp3) is 1.00. The van der Waals surface area contributed by atoms with Crippen molar-refractivity contribution in [2.75, 3.05) is 27.4 Å². The van der Waals surface area contributed by atoms with Gasteiger partial charge in [-0.15, -0.1) is 0 Å². The van der Waals surface area contributed by atoms with E-state index in [2.05, 4.69) is 37.5 Å². The second-order valence-electron chi connectivity index (χ2n) is 22.2. The Kier molecular flexibility index (Phi) is 16.0. The maximum Gasteiger partial charge on any atom is 0.0621 e. The SMILES string of the molecule is CCCCOC1CC(N(C2CCC(C)CC2)C2CCC(OC)CC2)C2CCC3C(OCCCC)CC(N(C4CCC(C)CC4)C4CCC(OC)CC4)C4CCC1C2C34. The van der Waals surface area contributed by atoms with E-state index in [-0.39, 0.29) is 0 Å². The molecule has 0 aromatic heterocycles. The molecule has 6 nitrogen and oxygen atoms in total. The molecule has 0 heterocycles. The van der Waals surface area contributed by atoms with E-state index in [0.717, 1.165) is 84.7 Å². The van der Waals surface area contributed by atoms with Gasteiger partial charge < -0.3 is 18.9 Å². The topological polar surface area (TPSA) is 43.4 Å². The van der Waals surface area contributed by atoms with Gasteiger partial charge in [-0.25, -0.2) is 0 Å². The molecule has 334 valence electrons. The summed E-state index contributed by atoms with van der Waals surface area (Å²) in [6.45, 7) is 11.7. The summed E-state index contributed by atoms with van der Waals surface area (Å²) in [5, 5.41) is 0. The molecule has 10 unspecified atom stereocenters. The third-order valence-corrected chi connectivity index (χ3v) is 19.0. The first kappa shape index (κ1) is 44.4. The Balaban J connectivity index is 1.16. The van der Waals surface area contributed by atoms with Crippen molar-refractivity contribution < 1.29 is 18.9 Å². The van der Waals surface area contributed by atoms with Crippen molar-refractivity contribution in [3.8, 4) is 0 Å². The van der Waals surface area contributed by atoms with E-state index in [0.29, 0.717) is 36.5 Å². The number of rotatable bonds is 16. The van der Waals surface area contributed by atoms with Gasteiger partial charge in [0, 0.05) is 63.7 Å². The molecule has 0 saturated heterocycles. The number of hydrogen-bond acceptors (Lipinski definition) is 6. The minimum absolute atomic E-state index is 0.429. The van der Waals surface area contributed by atoms with E-state index >= 15 is 0 Å². The van der Waals surface area contributed by atoms with Crippen LogP contribution >= 0.6 is 0 Å². The number of hydrogen-bond donors (Lipinski definition) is 0. The monoisotopic (exact) mass is 809 g/mol. The number of nitrogens with zero attached hydrogens (tertiary/aromatic N) is 2. The molecule has 8 fully saturated rings. The molecule has 0 bridgehead atoms. The van der Waals surface area contributed by atoms with E-state index in [1.54, 1.807) is 0 Å². The Bertz CT molecular complexity index is 1110. The molecule has 58 heavy (non-hydrogen) atoms. The van der Waals surface area contributed by atoms with Crippen LogP contribution < -0.4 is 0 Å². The average Bonchev–Trinajstić information content (AvgIpc) is 3.26. The van der Waals surface area contributed by atoms with Gasteiger partial charge in [0.25, 0.3) is 0 Å². The summed E-state index contributed by atoms with van der Waals surface area (Å²) in [6, 6.07) is 4.30. The van der Waals surface area contributed by atoms with E-state index in [1.807, 2.05) is 14.2 Å². The van der Waals surface area contributed by atoms with Crippen LogP contribution in [0.4, 0.5) is 0 Å². The molecule has 6 heteroatoms.